The first kappa shape index (κ1) is 21.1. The van der Waals surface area contributed by atoms with Crippen molar-refractivity contribution in [2.24, 2.45) is 5.92 Å². The summed E-state index contributed by atoms with van der Waals surface area (Å²) < 4.78 is 11.0. The average Bonchev–Trinajstić information content (AvgIpc) is 3.10. The monoisotopic (exact) mass is 336 g/mol. The summed E-state index contributed by atoms with van der Waals surface area (Å²) in [5.41, 5.74) is 0. The van der Waals surface area contributed by atoms with Gasteiger partial charge >= 0.3 is 0 Å². The Labute approximate surface area is 150 Å². The van der Waals surface area contributed by atoms with Gasteiger partial charge in [0.25, 0.3) is 0 Å². The summed E-state index contributed by atoms with van der Waals surface area (Å²) in [7, 11) is 0. The average molecular weight is 337 g/mol. The molecule has 0 aromatic rings. The SMILES string of the molecule is CCCCCCC=CC(CCCCCCCCC)CC1OC=CO1. The van der Waals surface area contributed by atoms with E-state index in [1.54, 1.807) is 12.5 Å². The Kier molecular flexibility index (Phi) is 13.7. The predicted molar refractivity (Wildman–Crippen MR) is 104 cm³/mol. The lowest BCUT2D eigenvalue weighted by atomic mass is 9.95. The van der Waals surface area contributed by atoms with E-state index in [1.165, 1.54) is 83.5 Å². The summed E-state index contributed by atoms with van der Waals surface area (Å²) in [4.78, 5) is 0. The highest BCUT2D eigenvalue weighted by Gasteiger charge is 2.17. The normalized spacial score (nSPS) is 15.8. The minimum absolute atomic E-state index is 0.0655. The van der Waals surface area contributed by atoms with Gasteiger partial charge in [-0.15, -0.1) is 0 Å². The number of unbranched alkanes of at least 4 members (excludes halogenated alkanes) is 10. The Morgan fingerprint density at radius 2 is 1.38 bits per heavy atom. The van der Waals surface area contributed by atoms with E-state index >= 15 is 0 Å². The van der Waals surface area contributed by atoms with Gasteiger partial charge in [-0.2, -0.15) is 0 Å². The zero-order chi connectivity index (χ0) is 17.3. The molecule has 140 valence electrons. The fraction of sp³-hybridized carbons (Fsp3) is 0.818. The maximum atomic E-state index is 5.48. The molecule has 0 radical (unpaired) electrons. The lowest BCUT2D eigenvalue weighted by molar-refractivity contribution is -0.0360. The molecule has 1 atom stereocenters. The number of allylic oxidation sites excluding steroid dienone is 2. The van der Waals surface area contributed by atoms with Crippen molar-refractivity contribution in [3.8, 4) is 0 Å². The highest BCUT2D eigenvalue weighted by atomic mass is 16.7. The highest BCUT2D eigenvalue weighted by molar-refractivity contribution is 4.90. The van der Waals surface area contributed by atoms with Crippen molar-refractivity contribution < 1.29 is 9.47 Å². The lowest BCUT2D eigenvalue weighted by Gasteiger charge is -2.17. The van der Waals surface area contributed by atoms with E-state index in [1.807, 2.05) is 0 Å². The van der Waals surface area contributed by atoms with Gasteiger partial charge in [-0.1, -0.05) is 90.2 Å². The van der Waals surface area contributed by atoms with Crippen LogP contribution < -0.4 is 0 Å². The Morgan fingerprint density at radius 1 is 0.792 bits per heavy atom. The topological polar surface area (TPSA) is 18.5 Å². The minimum Gasteiger partial charge on any atom is -0.459 e. The Balaban J connectivity index is 2.17. The van der Waals surface area contributed by atoms with Gasteiger partial charge in [0.2, 0.25) is 6.29 Å². The molecule has 0 amide bonds. The molecule has 2 nitrogen and oxygen atoms in total. The molecular formula is C22H40O2. The zero-order valence-electron chi connectivity index (χ0n) is 16.2. The summed E-state index contributed by atoms with van der Waals surface area (Å²) in [5, 5.41) is 0. The van der Waals surface area contributed by atoms with E-state index in [4.69, 9.17) is 9.47 Å². The van der Waals surface area contributed by atoms with E-state index < -0.39 is 0 Å². The zero-order valence-corrected chi connectivity index (χ0v) is 16.2. The molecule has 0 aromatic carbocycles. The first-order chi connectivity index (χ1) is 11.9. The molecule has 1 aliphatic heterocycles. The smallest absolute Gasteiger partial charge is 0.240 e. The second kappa shape index (κ2) is 15.6. The molecular weight excluding hydrogens is 296 g/mol. The standard InChI is InChI=1S/C22H40O2/c1-3-5-7-9-11-13-15-17-21(20-22-23-18-19-24-22)16-14-12-10-8-6-4-2/h14,16,18-19,21-22H,3-13,15,17,20H2,1-2H3. The number of rotatable bonds is 16. The van der Waals surface area contributed by atoms with Crippen LogP contribution in [0.2, 0.25) is 0 Å². The van der Waals surface area contributed by atoms with Gasteiger partial charge in [-0.3, -0.25) is 0 Å². The molecule has 0 spiro atoms. The molecule has 0 bridgehead atoms. The van der Waals surface area contributed by atoms with Crippen LogP contribution in [0.15, 0.2) is 24.7 Å². The largest absolute Gasteiger partial charge is 0.459 e. The first-order valence-corrected chi connectivity index (χ1v) is 10.5. The third-order valence-corrected chi connectivity index (χ3v) is 4.82. The molecule has 1 heterocycles. The lowest BCUT2D eigenvalue weighted by Crippen LogP contribution is -2.13. The number of hydrogen-bond donors (Lipinski definition) is 0. The van der Waals surface area contributed by atoms with E-state index in [9.17, 15) is 0 Å². The van der Waals surface area contributed by atoms with Crippen molar-refractivity contribution in [1.29, 1.82) is 0 Å². The van der Waals surface area contributed by atoms with E-state index in [2.05, 4.69) is 26.0 Å². The van der Waals surface area contributed by atoms with Gasteiger partial charge in [0.15, 0.2) is 0 Å². The second-order valence-corrected chi connectivity index (χ2v) is 7.16. The first-order valence-electron chi connectivity index (χ1n) is 10.5. The van der Waals surface area contributed by atoms with Crippen molar-refractivity contribution in [2.75, 3.05) is 0 Å². The van der Waals surface area contributed by atoms with E-state index in [-0.39, 0.29) is 6.29 Å². The van der Waals surface area contributed by atoms with Crippen LogP contribution >= 0.6 is 0 Å². The van der Waals surface area contributed by atoms with E-state index in [0.29, 0.717) is 5.92 Å². The van der Waals surface area contributed by atoms with Crippen molar-refractivity contribution in [1.82, 2.24) is 0 Å². The van der Waals surface area contributed by atoms with Crippen LogP contribution in [-0.2, 0) is 9.47 Å². The maximum absolute atomic E-state index is 5.48. The molecule has 0 saturated heterocycles. The summed E-state index contributed by atoms with van der Waals surface area (Å²) in [6.07, 6.45) is 26.6. The van der Waals surface area contributed by atoms with Gasteiger partial charge < -0.3 is 9.47 Å². The van der Waals surface area contributed by atoms with Crippen LogP contribution in [0, 0.1) is 5.92 Å². The van der Waals surface area contributed by atoms with E-state index in [0.717, 1.165) is 6.42 Å². The van der Waals surface area contributed by atoms with Gasteiger partial charge in [0, 0.05) is 6.42 Å². The third-order valence-electron chi connectivity index (χ3n) is 4.82. The number of ether oxygens (including phenoxy) is 2. The Bertz CT molecular complexity index is 314. The van der Waals surface area contributed by atoms with Gasteiger partial charge in [0.1, 0.15) is 12.5 Å². The van der Waals surface area contributed by atoms with Crippen LogP contribution in [0.4, 0.5) is 0 Å². The molecule has 24 heavy (non-hydrogen) atoms. The second-order valence-electron chi connectivity index (χ2n) is 7.16. The van der Waals surface area contributed by atoms with Gasteiger partial charge in [-0.25, -0.2) is 0 Å². The molecule has 0 N–H and O–H groups in total. The van der Waals surface area contributed by atoms with Gasteiger partial charge in [-0.05, 0) is 25.2 Å². The summed E-state index contributed by atoms with van der Waals surface area (Å²) in [6.45, 7) is 4.55. The van der Waals surface area contributed by atoms with Gasteiger partial charge in [0.05, 0.1) is 0 Å². The Morgan fingerprint density at radius 3 is 2.04 bits per heavy atom. The van der Waals surface area contributed by atoms with Crippen molar-refractivity contribution in [3.05, 3.63) is 24.7 Å². The molecule has 1 rings (SSSR count). The van der Waals surface area contributed by atoms with Crippen LogP contribution in [0.5, 0.6) is 0 Å². The maximum Gasteiger partial charge on any atom is 0.240 e. The Hall–Kier alpha value is -0.920. The molecule has 0 saturated carbocycles. The van der Waals surface area contributed by atoms with Crippen LogP contribution in [0.3, 0.4) is 0 Å². The van der Waals surface area contributed by atoms with Crippen molar-refractivity contribution in [3.63, 3.8) is 0 Å². The highest BCUT2D eigenvalue weighted by Crippen LogP contribution is 2.23. The van der Waals surface area contributed by atoms with Crippen molar-refractivity contribution in [2.45, 2.75) is 110 Å². The molecule has 0 fully saturated rings. The molecule has 0 aromatic heterocycles. The fourth-order valence-corrected chi connectivity index (χ4v) is 3.26. The predicted octanol–water partition coefficient (Wildman–Crippen LogP) is 7.50. The fourth-order valence-electron chi connectivity index (χ4n) is 3.26. The van der Waals surface area contributed by atoms with Crippen LogP contribution in [-0.4, -0.2) is 6.29 Å². The van der Waals surface area contributed by atoms with Crippen molar-refractivity contribution >= 4 is 0 Å². The molecule has 1 aliphatic rings. The van der Waals surface area contributed by atoms with Crippen LogP contribution in [0.25, 0.3) is 0 Å². The van der Waals surface area contributed by atoms with Crippen LogP contribution in [0.1, 0.15) is 104 Å². The summed E-state index contributed by atoms with van der Waals surface area (Å²) in [5.74, 6) is 0.594. The minimum atomic E-state index is -0.0655. The quantitative estimate of drug-likeness (QED) is 0.214. The summed E-state index contributed by atoms with van der Waals surface area (Å²) >= 11 is 0. The molecule has 1 unspecified atom stereocenters. The molecule has 0 aliphatic carbocycles. The summed E-state index contributed by atoms with van der Waals surface area (Å²) in [6, 6.07) is 0. The number of hydrogen-bond acceptors (Lipinski definition) is 2. The molecule has 2 heteroatoms. The third kappa shape index (κ3) is 11.6.